The Morgan fingerprint density at radius 3 is 2.86 bits per heavy atom. The number of rotatable bonds is 0. The van der Waals surface area contributed by atoms with Crippen LogP contribution in [0.1, 0.15) is 0 Å². The Morgan fingerprint density at radius 1 is 2.00 bits per heavy atom. The van der Waals surface area contributed by atoms with Gasteiger partial charge in [0, 0.05) is 7.05 Å². The van der Waals surface area contributed by atoms with Gasteiger partial charge in [-0.15, -0.1) is 24.4 Å². The Morgan fingerprint density at radius 2 is 2.71 bits per heavy atom. The van der Waals surface area contributed by atoms with E-state index >= 15 is 0 Å². The van der Waals surface area contributed by atoms with Crippen LogP contribution in [0.15, 0.2) is 0 Å². The van der Waals surface area contributed by atoms with Crippen LogP contribution >= 0.6 is 24.4 Å². The van der Waals surface area contributed by atoms with Crippen LogP contribution < -0.4 is 5.43 Å². The van der Waals surface area contributed by atoms with E-state index in [0.717, 1.165) is 5.88 Å². The van der Waals surface area contributed by atoms with E-state index in [1.54, 1.807) is 11.8 Å². The lowest BCUT2D eigenvalue weighted by atomic mass is 11.1. The molecular weight excluding hydrogens is 128 g/mol. The van der Waals surface area contributed by atoms with Crippen LogP contribution in [0, 0.1) is 0 Å². The molecule has 4 heteroatoms. The molecule has 42 valence electrons. The van der Waals surface area contributed by atoms with E-state index in [1.165, 1.54) is 0 Å². The van der Waals surface area contributed by atoms with E-state index in [2.05, 4.69) is 18.1 Å². The van der Waals surface area contributed by atoms with Gasteiger partial charge < -0.3 is 0 Å². The first-order chi connectivity index (χ1) is 3.29. The monoisotopic (exact) mass is 136 g/mol. The Labute approximate surface area is 53.0 Å². The zero-order valence-electron chi connectivity index (χ0n) is 4.09. The number of hydrazine groups is 1. The molecule has 1 fully saturated rings. The summed E-state index contributed by atoms with van der Waals surface area (Å²) in [4.78, 5) is 0. The molecule has 1 heterocycles. The van der Waals surface area contributed by atoms with Gasteiger partial charge in [0.15, 0.2) is 0 Å². The molecule has 0 radical (unpaired) electrons. The second-order valence-corrected chi connectivity index (χ2v) is 3.40. The fourth-order valence-corrected chi connectivity index (χ4v) is 1.54. The van der Waals surface area contributed by atoms with Crippen LogP contribution in [0.5, 0.6) is 0 Å². The molecule has 0 aromatic heterocycles. The summed E-state index contributed by atoms with van der Waals surface area (Å²) in [6.45, 7) is 0. The van der Waals surface area contributed by atoms with Gasteiger partial charge in [-0.1, -0.05) is 0 Å². The number of nitrogens with zero attached hydrogens (tertiary/aromatic N) is 1. The summed E-state index contributed by atoms with van der Waals surface area (Å²) in [5.41, 5.74) is 3.08. The molecule has 1 N–H and O–H groups in total. The molecule has 7 heavy (non-hydrogen) atoms. The third-order valence-electron chi connectivity index (χ3n) is 0.757. The van der Waals surface area contributed by atoms with E-state index < -0.39 is 0 Å². The number of nitrogens with one attached hydrogen (secondary N) is 1. The molecule has 0 saturated carbocycles. The quantitative estimate of drug-likeness (QED) is 0.467. The van der Waals surface area contributed by atoms with Crippen LogP contribution in [-0.4, -0.2) is 22.6 Å². The maximum Gasteiger partial charge on any atom is 0.111 e. The molecule has 1 atom stereocenters. The summed E-state index contributed by atoms with van der Waals surface area (Å²) in [7, 11) is 2.00. The molecule has 0 aliphatic carbocycles. The largest absolute Gasteiger partial charge is 0.236 e. The molecule has 1 rings (SSSR count). The molecule has 1 aliphatic heterocycles. The van der Waals surface area contributed by atoms with E-state index in [1.807, 2.05) is 12.1 Å². The number of hydrogen-bond donors (Lipinski definition) is 2. The Balaban J connectivity index is 2.26. The first kappa shape index (κ1) is 5.75. The summed E-state index contributed by atoms with van der Waals surface area (Å²) in [5.74, 6) is 1.04. The lowest BCUT2D eigenvalue weighted by Crippen LogP contribution is -2.28. The van der Waals surface area contributed by atoms with Crippen molar-refractivity contribution in [1.29, 1.82) is 0 Å². The summed E-state index contributed by atoms with van der Waals surface area (Å²) < 4.78 is 0.310. The summed E-state index contributed by atoms with van der Waals surface area (Å²) >= 11 is 5.95. The molecule has 0 aromatic rings. The molecule has 0 bridgehead atoms. The molecule has 2 nitrogen and oxygen atoms in total. The van der Waals surface area contributed by atoms with Crippen LogP contribution in [0.25, 0.3) is 0 Å². The molecule has 0 amide bonds. The standard InChI is InChI=1S/C3H8N2S2/c1-5-2-7-3(6)4-5/h3-4,6H,2H2,1H3. The van der Waals surface area contributed by atoms with E-state index in [0.29, 0.717) is 4.71 Å². The minimum Gasteiger partial charge on any atom is -0.236 e. The molecule has 1 saturated heterocycles. The maximum atomic E-state index is 4.16. The average Bonchev–Trinajstić information content (AvgIpc) is 1.87. The zero-order chi connectivity index (χ0) is 5.28. The van der Waals surface area contributed by atoms with Crippen LogP contribution in [0.2, 0.25) is 0 Å². The van der Waals surface area contributed by atoms with Crippen LogP contribution in [-0.2, 0) is 0 Å². The van der Waals surface area contributed by atoms with E-state index in [9.17, 15) is 0 Å². The van der Waals surface area contributed by atoms with E-state index in [-0.39, 0.29) is 0 Å². The van der Waals surface area contributed by atoms with Crippen molar-refractivity contribution in [3.8, 4) is 0 Å². The topological polar surface area (TPSA) is 15.3 Å². The maximum absolute atomic E-state index is 4.16. The lowest BCUT2D eigenvalue weighted by Gasteiger charge is -2.04. The highest BCUT2D eigenvalue weighted by atomic mass is 32.2. The SMILES string of the molecule is CN1CSC(S)N1. The van der Waals surface area contributed by atoms with Crippen molar-refractivity contribution >= 4 is 24.4 Å². The fraction of sp³-hybridized carbons (Fsp3) is 1.00. The highest BCUT2D eigenvalue weighted by molar-refractivity contribution is 8.10. The third-order valence-corrected chi connectivity index (χ3v) is 2.28. The highest BCUT2D eigenvalue weighted by Crippen LogP contribution is 2.17. The Kier molecular flexibility index (Phi) is 1.86. The van der Waals surface area contributed by atoms with Crippen molar-refractivity contribution in [3.05, 3.63) is 0 Å². The van der Waals surface area contributed by atoms with Gasteiger partial charge in [-0.05, 0) is 0 Å². The van der Waals surface area contributed by atoms with Crippen molar-refractivity contribution in [1.82, 2.24) is 10.4 Å². The van der Waals surface area contributed by atoms with Gasteiger partial charge in [0.05, 0.1) is 5.88 Å². The minimum atomic E-state index is 0.310. The molecular formula is C3H8N2S2. The van der Waals surface area contributed by atoms with Gasteiger partial charge in [0.25, 0.3) is 0 Å². The van der Waals surface area contributed by atoms with Crippen molar-refractivity contribution in [2.24, 2.45) is 0 Å². The van der Waals surface area contributed by atoms with Gasteiger partial charge in [0.2, 0.25) is 0 Å². The van der Waals surface area contributed by atoms with E-state index in [4.69, 9.17) is 0 Å². The first-order valence-electron chi connectivity index (χ1n) is 2.06. The second kappa shape index (κ2) is 2.26. The second-order valence-electron chi connectivity index (χ2n) is 1.48. The third kappa shape index (κ3) is 1.53. The zero-order valence-corrected chi connectivity index (χ0v) is 5.80. The minimum absolute atomic E-state index is 0.310. The Bertz CT molecular complexity index is 60.0. The average molecular weight is 136 g/mol. The molecule has 0 aromatic carbocycles. The highest BCUT2D eigenvalue weighted by Gasteiger charge is 2.13. The summed E-state index contributed by atoms with van der Waals surface area (Å²) in [5, 5.41) is 2.02. The van der Waals surface area contributed by atoms with Crippen molar-refractivity contribution in [2.45, 2.75) is 4.71 Å². The summed E-state index contributed by atoms with van der Waals surface area (Å²) in [6, 6.07) is 0. The lowest BCUT2D eigenvalue weighted by molar-refractivity contribution is 0.314. The van der Waals surface area contributed by atoms with Gasteiger partial charge in [-0.2, -0.15) is 0 Å². The van der Waals surface area contributed by atoms with Crippen molar-refractivity contribution in [3.63, 3.8) is 0 Å². The number of thioether (sulfide) groups is 1. The predicted octanol–water partition coefficient (Wildman–Crippen LogP) is 0.340. The number of hydrogen-bond acceptors (Lipinski definition) is 4. The smallest absolute Gasteiger partial charge is 0.111 e. The fourth-order valence-electron chi connectivity index (χ4n) is 0.445. The van der Waals surface area contributed by atoms with Gasteiger partial charge >= 0.3 is 0 Å². The normalized spacial score (nSPS) is 34.3. The van der Waals surface area contributed by atoms with Gasteiger partial charge in [0.1, 0.15) is 4.71 Å². The Hall–Kier alpha value is 0.620. The van der Waals surface area contributed by atoms with Crippen LogP contribution in [0.4, 0.5) is 0 Å². The van der Waals surface area contributed by atoms with Crippen molar-refractivity contribution < 1.29 is 0 Å². The van der Waals surface area contributed by atoms with Crippen LogP contribution in [0.3, 0.4) is 0 Å². The predicted molar refractivity (Wildman–Crippen MR) is 36.1 cm³/mol. The van der Waals surface area contributed by atoms with Crippen molar-refractivity contribution in [2.75, 3.05) is 12.9 Å². The van der Waals surface area contributed by atoms with Gasteiger partial charge in [-0.3, -0.25) is 0 Å². The van der Waals surface area contributed by atoms with Gasteiger partial charge in [-0.25, -0.2) is 10.4 Å². The molecule has 0 spiro atoms. The molecule has 1 unspecified atom stereocenters. The summed E-state index contributed by atoms with van der Waals surface area (Å²) in [6.07, 6.45) is 0. The number of thiol groups is 1. The first-order valence-corrected chi connectivity index (χ1v) is 3.62. The molecule has 1 aliphatic rings.